The molecule has 1 aliphatic rings. The van der Waals surface area contributed by atoms with Crippen LogP contribution in [0.1, 0.15) is 34.2 Å². The van der Waals surface area contributed by atoms with E-state index in [1.165, 1.54) is 4.68 Å². The molecular weight excluding hydrogens is 561 g/mol. The van der Waals surface area contributed by atoms with E-state index >= 15 is 0 Å². The number of rotatable bonds is 9. The molecule has 3 N–H and O–H groups in total. The van der Waals surface area contributed by atoms with Gasteiger partial charge in [0.25, 0.3) is 5.91 Å². The number of nitrogens with zero attached hydrogens (tertiary/aromatic N) is 7. The van der Waals surface area contributed by atoms with Gasteiger partial charge in [0.2, 0.25) is 11.6 Å². The number of hydrogen-bond donors (Lipinski definition) is 2. The molecule has 0 saturated carbocycles. The topological polar surface area (TPSA) is 159 Å². The van der Waals surface area contributed by atoms with Crippen molar-refractivity contribution in [3.05, 3.63) is 75.0 Å². The molecule has 2 aromatic carbocycles. The van der Waals surface area contributed by atoms with Gasteiger partial charge in [0, 0.05) is 35.2 Å². The number of nitrogens with one attached hydrogen (secondary N) is 1. The summed E-state index contributed by atoms with van der Waals surface area (Å²) in [6.07, 6.45) is 0. The Labute approximate surface area is 238 Å². The highest BCUT2D eigenvalue weighted by Crippen LogP contribution is 2.23. The fraction of sp³-hybridized carbons (Fsp3) is 0.280. The van der Waals surface area contributed by atoms with Crippen LogP contribution in [0.2, 0.25) is 10.0 Å². The van der Waals surface area contributed by atoms with Gasteiger partial charge in [-0.1, -0.05) is 34.5 Å². The molecule has 2 aromatic heterocycles. The van der Waals surface area contributed by atoms with Gasteiger partial charge in [-0.2, -0.15) is 9.78 Å². The third-order valence-corrected chi connectivity index (χ3v) is 6.72. The van der Waals surface area contributed by atoms with Crippen molar-refractivity contribution in [2.24, 2.45) is 5.10 Å². The van der Waals surface area contributed by atoms with Crippen molar-refractivity contribution >= 4 is 40.6 Å². The first-order valence-corrected chi connectivity index (χ1v) is 13.0. The van der Waals surface area contributed by atoms with Crippen LogP contribution in [0.5, 0.6) is 5.75 Å². The molecule has 0 bridgehead atoms. The van der Waals surface area contributed by atoms with Crippen molar-refractivity contribution in [1.29, 1.82) is 0 Å². The van der Waals surface area contributed by atoms with Crippen molar-refractivity contribution in [3.8, 4) is 11.6 Å². The lowest BCUT2D eigenvalue weighted by molar-refractivity contribution is 0.0335. The summed E-state index contributed by atoms with van der Waals surface area (Å²) in [5.41, 5.74) is 11.1. The molecule has 0 unspecified atom stereocenters. The summed E-state index contributed by atoms with van der Waals surface area (Å²) in [6.45, 7) is 5.03. The number of ether oxygens (including phenoxy) is 2. The first-order chi connectivity index (χ1) is 19.4. The quantitative estimate of drug-likeness (QED) is 0.220. The standard InChI is InChI=1S/C25H25Cl2N9O4/c1-15(16-3-6-19(7-4-16)39-14-17-2-5-18(26)12-20(17)27)29-31-25(37)22-21(13-35-8-10-38-11-9-35)30-34-36(22)24-23(28)32-40-33-24/h2-7,12H,8-11,13-14H2,1H3,(H2,28,32)(H,31,37)/b29-15-. The number of carbonyl (C=O) groups excluding carboxylic acids is 1. The molecule has 1 saturated heterocycles. The average Bonchev–Trinajstić information content (AvgIpc) is 3.57. The van der Waals surface area contributed by atoms with Crippen LogP contribution in [0.4, 0.5) is 5.82 Å². The Morgan fingerprint density at radius 3 is 2.62 bits per heavy atom. The number of anilines is 1. The highest BCUT2D eigenvalue weighted by molar-refractivity contribution is 6.35. The van der Waals surface area contributed by atoms with Gasteiger partial charge in [-0.15, -0.1) is 5.10 Å². The molecule has 1 aliphatic heterocycles. The molecule has 3 heterocycles. The largest absolute Gasteiger partial charge is 0.489 e. The zero-order valence-electron chi connectivity index (χ0n) is 21.4. The van der Waals surface area contributed by atoms with E-state index in [1.807, 2.05) is 18.2 Å². The van der Waals surface area contributed by atoms with Gasteiger partial charge < -0.3 is 15.2 Å². The zero-order chi connectivity index (χ0) is 28.1. The fourth-order valence-electron chi connectivity index (χ4n) is 3.95. The summed E-state index contributed by atoms with van der Waals surface area (Å²) in [6, 6.07) is 12.5. The minimum Gasteiger partial charge on any atom is -0.489 e. The van der Waals surface area contributed by atoms with Crippen molar-refractivity contribution in [3.63, 3.8) is 0 Å². The first-order valence-electron chi connectivity index (χ1n) is 12.2. The SMILES string of the molecule is C/C(=N/NC(=O)c1c(CN2CCOCC2)nnn1-c1nonc1N)c1ccc(OCc2ccc(Cl)cc2Cl)cc1. The zero-order valence-corrected chi connectivity index (χ0v) is 22.9. The monoisotopic (exact) mass is 585 g/mol. The van der Waals surface area contributed by atoms with Crippen LogP contribution >= 0.6 is 23.2 Å². The second-order valence-corrected chi connectivity index (χ2v) is 9.69. The molecule has 0 spiro atoms. The number of hydrazone groups is 1. The normalized spacial score (nSPS) is 14.3. The van der Waals surface area contributed by atoms with Gasteiger partial charge in [0.1, 0.15) is 18.1 Å². The molecule has 5 rings (SSSR count). The maximum absolute atomic E-state index is 13.3. The van der Waals surface area contributed by atoms with E-state index < -0.39 is 5.91 Å². The summed E-state index contributed by atoms with van der Waals surface area (Å²) in [7, 11) is 0. The van der Waals surface area contributed by atoms with E-state index in [0.29, 0.717) is 66.7 Å². The van der Waals surface area contributed by atoms with Crippen LogP contribution in [0.3, 0.4) is 0 Å². The third-order valence-electron chi connectivity index (χ3n) is 6.14. The molecule has 0 atom stereocenters. The summed E-state index contributed by atoms with van der Waals surface area (Å²) in [4.78, 5) is 15.4. The average molecular weight is 586 g/mol. The highest BCUT2D eigenvalue weighted by Gasteiger charge is 2.26. The summed E-state index contributed by atoms with van der Waals surface area (Å²) in [5.74, 6) is 0.127. The molecule has 40 heavy (non-hydrogen) atoms. The summed E-state index contributed by atoms with van der Waals surface area (Å²) >= 11 is 12.2. The van der Waals surface area contributed by atoms with Crippen molar-refractivity contribution in [1.82, 2.24) is 35.6 Å². The third kappa shape index (κ3) is 6.39. The Kier molecular flexibility index (Phi) is 8.55. The van der Waals surface area contributed by atoms with Crippen LogP contribution in [0, 0.1) is 0 Å². The Morgan fingerprint density at radius 1 is 1.15 bits per heavy atom. The number of aromatic nitrogens is 5. The Balaban J connectivity index is 1.28. The second kappa shape index (κ2) is 12.4. The predicted molar refractivity (Wildman–Crippen MR) is 147 cm³/mol. The Bertz CT molecular complexity index is 1510. The molecule has 1 amide bonds. The minimum absolute atomic E-state index is 0.0304. The molecule has 1 fully saturated rings. The molecule has 4 aromatic rings. The van der Waals surface area contributed by atoms with E-state index in [9.17, 15) is 4.79 Å². The Morgan fingerprint density at radius 2 is 1.93 bits per heavy atom. The predicted octanol–water partition coefficient (Wildman–Crippen LogP) is 3.10. The number of morpholine rings is 1. The first kappa shape index (κ1) is 27.5. The number of nitrogen functional groups attached to an aromatic ring is 1. The van der Waals surface area contributed by atoms with Crippen molar-refractivity contribution in [2.45, 2.75) is 20.1 Å². The van der Waals surface area contributed by atoms with E-state index in [2.05, 4.69) is 36.1 Å². The van der Waals surface area contributed by atoms with Gasteiger partial charge in [-0.3, -0.25) is 9.69 Å². The smallest absolute Gasteiger partial charge is 0.292 e. The summed E-state index contributed by atoms with van der Waals surface area (Å²) in [5, 5.41) is 21.0. The molecule has 0 aliphatic carbocycles. The number of benzene rings is 2. The van der Waals surface area contributed by atoms with Crippen LogP contribution in [-0.2, 0) is 17.9 Å². The van der Waals surface area contributed by atoms with E-state index in [0.717, 1.165) is 11.1 Å². The number of hydrogen-bond acceptors (Lipinski definition) is 11. The van der Waals surface area contributed by atoms with Gasteiger partial charge in [0.05, 0.1) is 18.9 Å². The highest BCUT2D eigenvalue weighted by atomic mass is 35.5. The minimum atomic E-state index is -0.546. The van der Waals surface area contributed by atoms with E-state index in [-0.39, 0.29) is 17.3 Å². The number of nitrogens with two attached hydrogens (primary N) is 1. The van der Waals surface area contributed by atoms with Gasteiger partial charge in [-0.25, -0.2) is 10.1 Å². The Hall–Kier alpha value is -4.04. The lowest BCUT2D eigenvalue weighted by Gasteiger charge is -2.25. The second-order valence-electron chi connectivity index (χ2n) is 8.85. The molecule has 15 heteroatoms. The van der Waals surface area contributed by atoms with Crippen molar-refractivity contribution in [2.75, 3.05) is 32.0 Å². The van der Waals surface area contributed by atoms with Crippen LogP contribution < -0.4 is 15.9 Å². The maximum Gasteiger partial charge on any atom is 0.292 e. The number of amides is 1. The van der Waals surface area contributed by atoms with Gasteiger partial charge in [0.15, 0.2) is 5.69 Å². The van der Waals surface area contributed by atoms with E-state index in [1.54, 1.807) is 31.2 Å². The maximum atomic E-state index is 13.3. The lowest BCUT2D eigenvalue weighted by atomic mass is 10.1. The van der Waals surface area contributed by atoms with E-state index in [4.69, 9.17) is 43.0 Å². The van der Waals surface area contributed by atoms with Gasteiger partial charge in [-0.05, 0) is 59.2 Å². The molecule has 13 nitrogen and oxygen atoms in total. The fourth-order valence-corrected chi connectivity index (χ4v) is 4.41. The lowest BCUT2D eigenvalue weighted by Crippen LogP contribution is -2.36. The molecular formula is C25H25Cl2N9O4. The van der Waals surface area contributed by atoms with Crippen molar-refractivity contribution < 1.29 is 18.9 Å². The van der Waals surface area contributed by atoms with Crippen LogP contribution in [0.25, 0.3) is 5.82 Å². The van der Waals surface area contributed by atoms with Gasteiger partial charge >= 0.3 is 0 Å². The van der Waals surface area contributed by atoms with Crippen LogP contribution in [-0.4, -0.2) is 68.1 Å². The molecule has 0 radical (unpaired) electrons. The van der Waals surface area contributed by atoms with Crippen LogP contribution in [0.15, 0.2) is 52.2 Å². The number of carbonyl (C=O) groups is 1. The number of halogens is 2. The molecule has 208 valence electrons. The summed E-state index contributed by atoms with van der Waals surface area (Å²) < 4.78 is 17.1.